The van der Waals surface area contributed by atoms with Crippen LogP contribution >= 0.6 is 11.6 Å². The van der Waals surface area contributed by atoms with E-state index in [4.69, 9.17) is 21.1 Å². The summed E-state index contributed by atoms with van der Waals surface area (Å²) >= 11 is 5.98. The maximum atomic E-state index is 12.1. The van der Waals surface area contributed by atoms with E-state index < -0.39 is 0 Å². The molecule has 0 saturated heterocycles. The Kier molecular flexibility index (Phi) is 7.95. The van der Waals surface area contributed by atoms with Crippen LogP contribution in [0.15, 0.2) is 42.5 Å². The van der Waals surface area contributed by atoms with Crippen molar-refractivity contribution in [3.63, 3.8) is 0 Å². The van der Waals surface area contributed by atoms with E-state index in [1.807, 2.05) is 13.0 Å². The fourth-order valence-electron chi connectivity index (χ4n) is 2.59. The summed E-state index contributed by atoms with van der Waals surface area (Å²) in [7, 11) is 3.14. The number of urea groups is 1. The molecule has 0 aromatic heterocycles. The zero-order valence-corrected chi connectivity index (χ0v) is 16.8. The molecule has 0 radical (unpaired) electrons. The van der Waals surface area contributed by atoms with Crippen LogP contribution in [0.4, 0.5) is 4.79 Å². The summed E-state index contributed by atoms with van der Waals surface area (Å²) < 4.78 is 10.5. The Morgan fingerprint density at radius 2 is 1.75 bits per heavy atom. The number of rotatable bonds is 8. The van der Waals surface area contributed by atoms with Gasteiger partial charge < -0.3 is 25.4 Å². The number of ether oxygens (including phenoxy) is 2. The first-order valence-corrected chi connectivity index (χ1v) is 9.13. The molecule has 2 aromatic carbocycles. The average Bonchev–Trinajstić information content (AvgIpc) is 2.70. The van der Waals surface area contributed by atoms with E-state index in [0.717, 1.165) is 5.56 Å². The summed E-state index contributed by atoms with van der Waals surface area (Å²) in [6, 6.07) is 11.6. The fraction of sp³-hybridized carbons (Fsp3) is 0.300. The molecule has 3 amide bonds. The number of carbonyl (C=O) groups is 2. The van der Waals surface area contributed by atoms with Gasteiger partial charge >= 0.3 is 6.03 Å². The predicted octanol–water partition coefficient (Wildman–Crippen LogP) is 3.15. The summed E-state index contributed by atoms with van der Waals surface area (Å²) in [6.07, 6.45) is 0. The van der Waals surface area contributed by atoms with Crippen molar-refractivity contribution in [1.82, 2.24) is 16.0 Å². The van der Waals surface area contributed by atoms with E-state index in [2.05, 4.69) is 16.0 Å². The van der Waals surface area contributed by atoms with Crippen LogP contribution in [-0.4, -0.2) is 39.2 Å². The van der Waals surface area contributed by atoms with Crippen LogP contribution in [0.3, 0.4) is 0 Å². The van der Waals surface area contributed by atoms with Crippen molar-refractivity contribution in [2.24, 2.45) is 0 Å². The predicted molar refractivity (Wildman–Crippen MR) is 108 cm³/mol. The summed E-state index contributed by atoms with van der Waals surface area (Å²) in [5.41, 5.74) is 1.22. The summed E-state index contributed by atoms with van der Waals surface area (Å²) in [5.74, 6) is 1.01. The van der Waals surface area contributed by atoms with Crippen LogP contribution in [0.5, 0.6) is 11.5 Å². The van der Waals surface area contributed by atoms with Crippen molar-refractivity contribution in [3.8, 4) is 11.5 Å². The molecule has 3 N–H and O–H groups in total. The van der Waals surface area contributed by atoms with Crippen molar-refractivity contribution in [1.29, 1.82) is 0 Å². The molecular formula is C20H24ClN3O4. The van der Waals surface area contributed by atoms with Gasteiger partial charge in [-0.05, 0) is 31.2 Å². The number of hydrogen-bond donors (Lipinski definition) is 3. The number of methoxy groups -OCH3 is 2. The topological polar surface area (TPSA) is 88.7 Å². The molecular weight excluding hydrogens is 382 g/mol. The monoisotopic (exact) mass is 405 g/mol. The van der Waals surface area contributed by atoms with Crippen molar-refractivity contribution in [2.45, 2.75) is 13.0 Å². The van der Waals surface area contributed by atoms with E-state index in [1.54, 1.807) is 50.6 Å². The number of nitrogens with one attached hydrogen (secondary N) is 3. The Labute approximate surface area is 169 Å². The highest BCUT2D eigenvalue weighted by molar-refractivity contribution is 6.33. The van der Waals surface area contributed by atoms with E-state index >= 15 is 0 Å². The van der Waals surface area contributed by atoms with Gasteiger partial charge in [0.1, 0.15) is 11.5 Å². The molecule has 0 aliphatic rings. The standard InChI is InChI=1S/C20H24ClN3O4/c1-13(15-9-8-14(27-2)12-18(15)28-3)24-20(26)23-11-10-22-19(25)16-6-4-5-7-17(16)21/h4-9,12-13H,10-11H2,1-3H3,(H,22,25)(H2,23,24,26). The zero-order chi connectivity index (χ0) is 20.5. The number of amides is 3. The molecule has 2 aromatic rings. The molecule has 7 nitrogen and oxygen atoms in total. The number of hydrogen-bond acceptors (Lipinski definition) is 4. The maximum absolute atomic E-state index is 12.1. The van der Waals surface area contributed by atoms with Gasteiger partial charge in [0.25, 0.3) is 5.91 Å². The van der Waals surface area contributed by atoms with Crippen molar-refractivity contribution < 1.29 is 19.1 Å². The van der Waals surface area contributed by atoms with Crippen LogP contribution in [0.1, 0.15) is 28.9 Å². The van der Waals surface area contributed by atoms with Crippen molar-refractivity contribution in [2.75, 3.05) is 27.3 Å². The van der Waals surface area contributed by atoms with Gasteiger partial charge in [-0.3, -0.25) is 4.79 Å². The van der Waals surface area contributed by atoms with Gasteiger partial charge in [0, 0.05) is 24.7 Å². The Bertz CT molecular complexity index is 829. The second kappa shape index (κ2) is 10.4. The third-order valence-electron chi connectivity index (χ3n) is 4.07. The van der Waals surface area contributed by atoms with Gasteiger partial charge in [0.2, 0.25) is 0 Å². The van der Waals surface area contributed by atoms with Gasteiger partial charge in [-0.15, -0.1) is 0 Å². The molecule has 150 valence electrons. The van der Waals surface area contributed by atoms with E-state index in [9.17, 15) is 9.59 Å². The molecule has 0 saturated carbocycles. The normalized spacial score (nSPS) is 11.3. The number of carbonyl (C=O) groups excluding carboxylic acids is 2. The molecule has 2 rings (SSSR count). The van der Waals surface area contributed by atoms with Gasteiger partial charge in [0.05, 0.1) is 30.8 Å². The highest BCUT2D eigenvalue weighted by atomic mass is 35.5. The first-order valence-electron chi connectivity index (χ1n) is 8.75. The van der Waals surface area contributed by atoms with Crippen LogP contribution in [-0.2, 0) is 0 Å². The maximum Gasteiger partial charge on any atom is 0.315 e. The molecule has 1 atom stereocenters. The molecule has 8 heteroatoms. The minimum atomic E-state index is -0.350. The first-order chi connectivity index (χ1) is 13.5. The van der Waals surface area contributed by atoms with E-state index in [1.165, 1.54) is 0 Å². The van der Waals surface area contributed by atoms with Crippen LogP contribution in [0.2, 0.25) is 5.02 Å². The lowest BCUT2D eigenvalue weighted by molar-refractivity contribution is 0.0954. The van der Waals surface area contributed by atoms with Gasteiger partial charge in [-0.2, -0.15) is 0 Å². The Balaban J connectivity index is 1.79. The highest BCUT2D eigenvalue weighted by Gasteiger charge is 2.15. The zero-order valence-electron chi connectivity index (χ0n) is 16.0. The van der Waals surface area contributed by atoms with E-state index in [0.29, 0.717) is 22.1 Å². The summed E-state index contributed by atoms with van der Waals surface area (Å²) in [6.45, 7) is 2.40. The quantitative estimate of drug-likeness (QED) is 0.588. The second-order valence-electron chi connectivity index (χ2n) is 5.97. The molecule has 0 heterocycles. The largest absolute Gasteiger partial charge is 0.497 e. The minimum Gasteiger partial charge on any atom is -0.497 e. The summed E-state index contributed by atoms with van der Waals surface area (Å²) in [4.78, 5) is 24.1. The van der Waals surface area contributed by atoms with Gasteiger partial charge in [-0.1, -0.05) is 23.7 Å². The van der Waals surface area contributed by atoms with E-state index in [-0.39, 0.29) is 31.1 Å². The number of benzene rings is 2. The molecule has 0 aliphatic heterocycles. The fourth-order valence-corrected chi connectivity index (χ4v) is 2.82. The minimum absolute atomic E-state index is 0.272. The Morgan fingerprint density at radius 1 is 1.04 bits per heavy atom. The summed E-state index contributed by atoms with van der Waals surface area (Å²) in [5, 5.41) is 8.63. The molecule has 1 unspecified atom stereocenters. The Hall–Kier alpha value is -2.93. The first kappa shape index (κ1) is 21.4. The van der Waals surface area contributed by atoms with Crippen LogP contribution < -0.4 is 25.4 Å². The third-order valence-corrected chi connectivity index (χ3v) is 4.40. The molecule has 0 spiro atoms. The number of halogens is 1. The average molecular weight is 406 g/mol. The molecule has 0 fully saturated rings. The van der Waals surface area contributed by atoms with Crippen LogP contribution in [0, 0.1) is 0 Å². The smallest absolute Gasteiger partial charge is 0.315 e. The van der Waals surface area contributed by atoms with Gasteiger partial charge in [-0.25, -0.2) is 4.79 Å². The molecule has 0 aliphatic carbocycles. The second-order valence-corrected chi connectivity index (χ2v) is 6.37. The lowest BCUT2D eigenvalue weighted by atomic mass is 10.1. The third kappa shape index (κ3) is 5.79. The van der Waals surface area contributed by atoms with Gasteiger partial charge in [0.15, 0.2) is 0 Å². The highest BCUT2D eigenvalue weighted by Crippen LogP contribution is 2.29. The molecule has 28 heavy (non-hydrogen) atoms. The van der Waals surface area contributed by atoms with Crippen LogP contribution in [0.25, 0.3) is 0 Å². The molecule has 0 bridgehead atoms. The lowest BCUT2D eigenvalue weighted by Gasteiger charge is -2.18. The van der Waals surface area contributed by atoms with Crippen molar-refractivity contribution >= 4 is 23.5 Å². The van der Waals surface area contributed by atoms with Crippen molar-refractivity contribution in [3.05, 3.63) is 58.6 Å². The Morgan fingerprint density at radius 3 is 2.43 bits per heavy atom. The lowest BCUT2D eigenvalue weighted by Crippen LogP contribution is -2.41. The SMILES string of the molecule is COc1ccc(C(C)NC(=O)NCCNC(=O)c2ccccc2Cl)c(OC)c1.